The second-order valence-corrected chi connectivity index (χ2v) is 8.27. The molecule has 136 valence electrons. The third-order valence-corrected chi connectivity index (χ3v) is 5.50. The normalized spacial score (nSPS) is 20.1. The summed E-state index contributed by atoms with van der Waals surface area (Å²) in [4.78, 5) is 4.17. The first kappa shape index (κ1) is 17.8. The van der Waals surface area contributed by atoms with Crippen LogP contribution in [0.1, 0.15) is 37.4 Å². The summed E-state index contributed by atoms with van der Waals surface area (Å²) in [7, 11) is -5.67. The minimum atomic E-state index is -5.67. The number of imidazole rings is 1. The lowest BCUT2D eigenvalue weighted by molar-refractivity contribution is -0.0500. The summed E-state index contributed by atoms with van der Waals surface area (Å²) in [5, 5.41) is 0. The predicted molar refractivity (Wildman–Crippen MR) is 84.5 cm³/mol. The van der Waals surface area contributed by atoms with Crippen LogP contribution >= 0.6 is 0 Å². The summed E-state index contributed by atoms with van der Waals surface area (Å²) in [6.07, 6.45) is 4.46. The van der Waals surface area contributed by atoms with Gasteiger partial charge in [0, 0.05) is 24.4 Å². The van der Waals surface area contributed by atoms with E-state index in [-0.39, 0.29) is 17.1 Å². The van der Waals surface area contributed by atoms with Crippen molar-refractivity contribution in [1.29, 1.82) is 0 Å². The summed E-state index contributed by atoms with van der Waals surface area (Å²) >= 11 is 0. The van der Waals surface area contributed by atoms with Crippen molar-refractivity contribution < 1.29 is 25.8 Å². The highest BCUT2D eigenvalue weighted by Gasteiger charge is 2.48. The Labute approximate surface area is 143 Å². The van der Waals surface area contributed by atoms with Crippen LogP contribution in [-0.4, -0.2) is 23.5 Å². The minimum absolute atomic E-state index is 0.00276. The Morgan fingerprint density at radius 3 is 2.48 bits per heavy atom. The van der Waals surface area contributed by atoms with Crippen LogP contribution in [0.2, 0.25) is 0 Å². The van der Waals surface area contributed by atoms with Crippen LogP contribution in [0.5, 0.6) is 5.75 Å². The number of aryl methyl sites for hydroxylation is 1. The molecule has 0 radical (unpaired) electrons. The maximum atomic E-state index is 12.4. The van der Waals surface area contributed by atoms with E-state index in [1.165, 1.54) is 12.1 Å². The molecule has 1 aliphatic rings. The maximum Gasteiger partial charge on any atom is 0.534 e. The average Bonchev–Trinajstić information content (AvgIpc) is 2.94. The fourth-order valence-electron chi connectivity index (χ4n) is 3.22. The molecule has 0 saturated heterocycles. The number of aromatic nitrogens is 2. The first-order chi connectivity index (χ1) is 11.5. The number of fused-ring (bicyclic) bond motifs is 1. The van der Waals surface area contributed by atoms with Crippen LogP contribution in [0.4, 0.5) is 13.2 Å². The third kappa shape index (κ3) is 3.24. The topological polar surface area (TPSA) is 61.2 Å². The van der Waals surface area contributed by atoms with Crippen molar-refractivity contribution in [2.24, 2.45) is 5.41 Å². The molecule has 3 rings (SSSR count). The minimum Gasteiger partial charge on any atom is -0.376 e. The number of hydrogen-bond donors (Lipinski definition) is 0. The zero-order valence-electron chi connectivity index (χ0n) is 13.6. The fraction of sp³-hybridized carbons (Fsp3) is 0.438. The van der Waals surface area contributed by atoms with Gasteiger partial charge in [0.2, 0.25) is 0 Å². The molecule has 0 bridgehead atoms. The van der Waals surface area contributed by atoms with Gasteiger partial charge in [0.15, 0.2) is 0 Å². The number of halogens is 3. The second-order valence-electron chi connectivity index (χ2n) is 6.74. The van der Waals surface area contributed by atoms with Crippen LogP contribution in [-0.2, 0) is 16.7 Å². The van der Waals surface area contributed by atoms with Crippen molar-refractivity contribution in [3.63, 3.8) is 0 Å². The van der Waals surface area contributed by atoms with Crippen LogP contribution in [0, 0.1) is 5.41 Å². The molecule has 1 unspecified atom stereocenters. The van der Waals surface area contributed by atoms with Gasteiger partial charge < -0.3 is 8.75 Å². The number of benzene rings is 1. The fourth-order valence-corrected chi connectivity index (χ4v) is 3.68. The van der Waals surface area contributed by atoms with Gasteiger partial charge in [-0.25, -0.2) is 4.98 Å². The Bertz CT molecular complexity index is 871. The molecule has 0 fully saturated rings. The smallest absolute Gasteiger partial charge is 0.376 e. The van der Waals surface area contributed by atoms with Gasteiger partial charge in [0.05, 0.1) is 6.33 Å². The van der Waals surface area contributed by atoms with Gasteiger partial charge in [-0.15, -0.1) is 0 Å². The largest absolute Gasteiger partial charge is 0.534 e. The summed E-state index contributed by atoms with van der Waals surface area (Å²) in [6, 6.07) is 5.67. The zero-order valence-corrected chi connectivity index (χ0v) is 14.4. The Morgan fingerprint density at radius 1 is 1.24 bits per heavy atom. The first-order valence-electron chi connectivity index (χ1n) is 7.62. The van der Waals surface area contributed by atoms with Crippen molar-refractivity contribution in [1.82, 2.24) is 9.55 Å². The molecule has 9 heteroatoms. The highest BCUT2D eigenvalue weighted by molar-refractivity contribution is 7.88. The number of nitrogens with zero attached hydrogens (tertiary/aromatic N) is 2. The molecule has 5 nitrogen and oxygen atoms in total. The van der Waals surface area contributed by atoms with Gasteiger partial charge >= 0.3 is 15.6 Å². The van der Waals surface area contributed by atoms with Crippen molar-refractivity contribution >= 4 is 10.1 Å². The van der Waals surface area contributed by atoms with Crippen LogP contribution in [0.15, 0.2) is 36.8 Å². The Morgan fingerprint density at radius 2 is 1.88 bits per heavy atom. The van der Waals surface area contributed by atoms with E-state index in [2.05, 4.69) is 27.6 Å². The average molecular weight is 374 g/mol. The maximum absolute atomic E-state index is 12.4. The van der Waals surface area contributed by atoms with Gasteiger partial charge in [-0.2, -0.15) is 21.6 Å². The van der Waals surface area contributed by atoms with Crippen molar-refractivity contribution in [2.45, 2.75) is 38.2 Å². The number of hydrogen-bond acceptors (Lipinski definition) is 4. The molecule has 2 heterocycles. The molecular formula is C16H17F3N2O3S. The summed E-state index contributed by atoms with van der Waals surface area (Å²) in [5.41, 5.74) is -3.64. The molecular weight excluding hydrogens is 357 g/mol. The highest BCUT2D eigenvalue weighted by atomic mass is 32.2. The van der Waals surface area contributed by atoms with Gasteiger partial charge in [-0.1, -0.05) is 26.0 Å². The van der Waals surface area contributed by atoms with E-state index in [1.807, 2.05) is 0 Å². The molecule has 0 N–H and O–H groups in total. The van der Waals surface area contributed by atoms with E-state index in [0.29, 0.717) is 0 Å². The van der Waals surface area contributed by atoms with E-state index in [0.717, 1.165) is 24.2 Å². The number of rotatable bonds is 3. The first-order valence-corrected chi connectivity index (χ1v) is 9.03. The molecule has 0 aliphatic carbocycles. The van der Waals surface area contributed by atoms with Gasteiger partial charge in [-0.3, -0.25) is 0 Å². The Hall–Kier alpha value is -2.03. The van der Waals surface area contributed by atoms with E-state index in [9.17, 15) is 21.6 Å². The van der Waals surface area contributed by atoms with Crippen molar-refractivity contribution in [2.75, 3.05) is 0 Å². The summed E-state index contributed by atoms with van der Waals surface area (Å²) in [5.74, 6) is -0.375. The lowest BCUT2D eigenvalue weighted by Crippen LogP contribution is -2.31. The standard InChI is InChI=1S/C16H17F3N2O3S/c1-15(2)7-8-21-10-20-9-13(21)14(15)11-3-5-12(6-4-11)24-25(22,23)16(17,18)19/h3-6,9-10,14H,7-8H2,1-2H3. The van der Waals surface area contributed by atoms with Crippen LogP contribution < -0.4 is 4.18 Å². The number of alkyl halides is 3. The van der Waals surface area contributed by atoms with E-state index >= 15 is 0 Å². The third-order valence-electron chi connectivity index (χ3n) is 4.52. The second kappa shape index (κ2) is 5.76. The molecule has 0 saturated carbocycles. The van der Waals surface area contributed by atoms with E-state index in [4.69, 9.17) is 0 Å². The molecule has 0 amide bonds. The van der Waals surface area contributed by atoms with E-state index < -0.39 is 15.6 Å². The molecule has 1 aliphatic heterocycles. The molecule has 25 heavy (non-hydrogen) atoms. The molecule has 1 atom stereocenters. The van der Waals surface area contributed by atoms with Crippen molar-refractivity contribution in [3.8, 4) is 5.75 Å². The molecule has 2 aromatic rings. The molecule has 0 spiro atoms. The van der Waals surface area contributed by atoms with Crippen molar-refractivity contribution in [3.05, 3.63) is 48.0 Å². The highest BCUT2D eigenvalue weighted by Crippen LogP contribution is 2.46. The SMILES string of the molecule is CC1(C)CCn2cncc2C1c1ccc(OS(=O)(=O)C(F)(F)F)cc1. The van der Waals surface area contributed by atoms with Gasteiger partial charge in [-0.05, 0) is 29.5 Å². The quantitative estimate of drug-likeness (QED) is 0.607. The Balaban J connectivity index is 1.91. The van der Waals surface area contributed by atoms with Crippen LogP contribution in [0.3, 0.4) is 0 Å². The lowest BCUT2D eigenvalue weighted by atomic mass is 9.69. The summed E-state index contributed by atoms with van der Waals surface area (Å²) in [6.45, 7) is 5.09. The van der Waals surface area contributed by atoms with Gasteiger partial charge in [0.1, 0.15) is 5.75 Å². The summed E-state index contributed by atoms with van der Waals surface area (Å²) < 4.78 is 65.6. The monoisotopic (exact) mass is 374 g/mol. The van der Waals surface area contributed by atoms with Gasteiger partial charge in [0.25, 0.3) is 0 Å². The molecule has 1 aromatic carbocycles. The molecule has 1 aromatic heterocycles. The Kier molecular flexibility index (Phi) is 4.09. The lowest BCUT2D eigenvalue weighted by Gasteiger charge is -2.39. The van der Waals surface area contributed by atoms with Crippen LogP contribution in [0.25, 0.3) is 0 Å². The zero-order chi connectivity index (χ0) is 18.5. The van der Waals surface area contributed by atoms with E-state index in [1.54, 1.807) is 24.7 Å². The predicted octanol–water partition coefficient (Wildman–Crippen LogP) is 3.67.